The second-order valence-electron chi connectivity index (χ2n) is 3.81. The molecule has 0 aliphatic rings. The number of carboxylic acid groups (broad SMARTS) is 1. The minimum absolute atomic E-state index is 0.191. The Hall–Kier alpha value is -1.55. The lowest BCUT2D eigenvalue weighted by Crippen LogP contribution is -2.23. The van der Waals surface area contributed by atoms with Crippen molar-refractivity contribution in [3.8, 4) is 0 Å². The lowest BCUT2D eigenvalue weighted by atomic mass is 10.4. The zero-order valence-corrected chi connectivity index (χ0v) is 11.2. The summed E-state index contributed by atoms with van der Waals surface area (Å²) in [5.74, 6) is -1.35. The lowest BCUT2D eigenvalue weighted by Gasteiger charge is -2.05. The largest absolute Gasteiger partial charge is 0.477 e. The van der Waals surface area contributed by atoms with E-state index in [4.69, 9.17) is 5.11 Å². The molecule has 0 aromatic carbocycles. The molecule has 0 aliphatic carbocycles. The number of aromatic amines is 1. The maximum absolute atomic E-state index is 11.5. The Bertz CT molecular complexity index is 670. The number of hydrogen-bond acceptors (Lipinski definition) is 5. The Labute approximate surface area is 104 Å². The van der Waals surface area contributed by atoms with Crippen molar-refractivity contribution in [1.82, 2.24) is 4.98 Å². The van der Waals surface area contributed by atoms with Crippen LogP contribution in [-0.4, -0.2) is 44.2 Å². The Balaban J connectivity index is 3.09. The first-order valence-electron chi connectivity index (χ1n) is 4.61. The lowest BCUT2D eigenvalue weighted by molar-refractivity contribution is 0.0692. The summed E-state index contributed by atoms with van der Waals surface area (Å²) < 4.78 is 46.8. The second kappa shape index (κ2) is 4.61. The molecular weight excluding hydrogens is 284 g/mol. The third-order valence-electron chi connectivity index (χ3n) is 1.80. The van der Waals surface area contributed by atoms with Crippen molar-refractivity contribution in [1.29, 1.82) is 0 Å². The summed E-state index contributed by atoms with van der Waals surface area (Å²) in [6, 6.07) is 1.27. The van der Waals surface area contributed by atoms with Crippen molar-refractivity contribution < 1.29 is 26.7 Å². The van der Waals surface area contributed by atoms with Gasteiger partial charge in [-0.2, -0.15) is 0 Å². The molecule has 102 valence electrons. The van der Waals surface area contributed by atoms with E-state index in [1.807, 2.05) is 4.72 Å². The van der Waals surface area contributed by atoms with E-state index < -0.39 is 30.9 Å². The van der Waals surface area contributed by atoms with E-state index >= 15 is 0 Å². The molecule has 1 aromatic heterocycles. The van der Waals surface area contributed by atoms with Gasteiger partial charge in [0.05, 0.1) is 5.69 Å². The number of anilines is 1. The average Bonchev–Trinajstić information content (AvgIpc) is 2.40. The minimum Gasteiger partial charge on any atom is -0.477 e. The average molecular weight is 296 g/mol. The molecule has 0 spiro atoms. The first-order valence-corrected chi connectivity index (χ1v) is 8.32. The Morgan fingerprint density at radius 3 is 2.39 bits per heavy atom. The van der Waals surface area contributed by atoms with Crippen LogP contribution in [0.2, 0.25) is 0 Å². The predicted molar refractivity (Wildman–Crippen MR) is 64.7 cm³/mol. The fraction of sp³-hybridized carbons (Fsp3) is 0.375. The van der Waals surface area contributed by atoms with E-state index in [9.17, 15) is 21.6 Å². The zero-order chi connectivity index (χ0) is 14.1. The topological polar surface area (TPSA) is 133 Å². The molecule has 3 N–H and O–H groups in total. The fourth-order valence-electron chi connectivity index (χ4n) is 1.32. The summed E-state index contributed by atoms with van der Waals surface area (Å²) >= 11 is 0. The van der Waals surface area contributed by atoms with Gasteiger partial charge in [0.2, 0.25) is 10.0 Å². The van der Waals surface area contributed by atoms with E-state index in [1.165, 1.54) is 6.07 Å². The van der Waals surface area contributed by atoms with E-state index in [-0.39, 0.29) is 11.4 Å². The number of rotatable bonds is 5. The van der Waals surface area contributed by atoms with Gasteiger partial charge < -0.3 is 10.1 Å². The zero-order valence-electron chi connectivity index (χ0n) is 9.59. The molecule has 1 aromatic rings. The Morgan fingerprint density at radius 1 is 1.39 bits per heavy atom. The van der Waals surface area contributed by atoms with Gasteiger partial charge in [0, 0.05) is 11.9 Å². The van der Waals surface area contributed by atoms with Gasteiger partial charge in [0.25, 0.3) is 0 Å². The molecule has 1 heterocycles. The van der Waals surface area contributed by atoms with Crippen LogP contribution in [0.5, 0.6) is 0 Å². The van der Waals surface area contributed by atoms with Crippen LogP contribution in [-0.2, 0) is 19.9 Å². The highest BCUT2D eigenvalue weighted by molar-refractivity contribution is 8.08. The van der Waals surface area contributed by atoms with Crippen LogP contribution < -0.4 is 4.72 Å². The van der Waals surface area contributed by atoms with E-state index in [1.54, 1.807) is 6.92 Å². The third-order valence-corrected chi connectivity index (χ3v) is 5.29. The van der Waals surface area contributed by atoms with Gasteiger partial charge in [-0.15, -0.1) is 0 Å². The summed E-state index contributed by atoms with van der Waals surface area (Å²) in [6.07, 6.45) is 0.771. The molecule has 1 rings (SSSR count). The van der Waals surface area contributed by atoms with Crippen LogP contribution in [0.4, 0.5) is 5.69 Å². The van der Waals surface area contributed by atoms with E-state index in [2.05, 4.69) is 4.98 Å². The van der Waals surface area contributed by atoms with Gasteiger partial charge in [0.15, 0.2) is 14.9 Å². The summed E-state index contributed by atoms with van der Waals surface area (Å²) in [4.78, 5) is 13.3. The van der Waals surface area contributed by atoms with Crippen LogP contribution in [0.25, 0.3) is 0 Å². The van der Waals surface area contributed by atoms with Gasteiger partial charge in [-0.25, -0.2) is 21.6 Å². The van der Waals surface area contributed by atoms with Crippen LogP contribution in [0.15, 0.2) is 6.07 Å². The standard InChI is InChI=1S/C8H12N2O6S2/c1-5-3-6(7(9-5)8(11)12)10-18(15,16)4-17(2,13)14/h3,9-10H,4H2,1-2H3,(H,11,12). The molecule has 0 fully saturated rings. The van der Waals surface area contributed by atoms with Crippen molar-refractivity contribution in [3.63, 3.8) is 0 Å². The number of H-pyrrole nitrogens is 1. The summed E-state index contributed by atoms with van der Waals surface area (Å²) in [7, 11) is -7.89. The first-order chi connectivity index (χ1) is 8.00. The van der Waals surface area contributed by atoms with Crippen LogP contribution in [0.3, 0.4) is 0 Å². The van der Waals surface area contributed by atoms with Crippen LogP contribution in [0.1, 0.15) is 16.2 Å². The number of sulfonamides is 1. The monoisotopic (exact) mass is 296 g/mol. The Kier molecular flexibility index (Phi) is 3.72. The number of aromatic carboxylic acids is 1. The molecule has 18 heavy (non-hydrogen) atoms. The van der Waals surface area contributed by atoms with Gasteiger partial charge in [0.1, 0.15) is 5.69 Å². The normalized spacial score (nSPS) is 12.3. The number of hydrogen-bond donors (Lipinski definition) is 3. The van der Waals surface area contributed by atoms with Gasteiger partial charge in [-0.05, 0) is 13.0 Å². The van der Waals surface area contributed by atoms with Crippen molar-refractivity contribution in [3.05, 3.63) is 17.5 Å². The highest BCUT2D eigenvalue weighted by Crippen LogP contribution is 2.18. The second-order valence-corrected chi connectivity index (χ2v) is 8.03. The molecule has 0 saturated carbocycles. The number of aromatic nitrogens is 1. The highest BCUT2D eigenvalue weighted by atomic mass is 32.3. The van der Waals surface area contributed by atoms with Crippen LogP contribution in [0, 0.1) is 6.92 Å². The molecule has 10 heteroatoms. The Morgan fingerprint density at radius 2 is 1.94 bits per heavy atom. The van der Waals surface area contributed by atoms with Crippen molar-refractivity contribution in [2.45, 2.75) is 6.92 Å². The van der Waals surface area contributed by atoms with Crippen molar-refractivity contribution >= 4 is 31.5 Å². The quantitative estimate of drug-likeness (QED) is 0.687. The first kappa shape index (κ1) is 14.5. The van der Waals surface area contributed by atoms with Crippen LogP contribution >= 0.6 is 0 Å². The summed E-state index contributed by atoms with van der Waals surface area (Å²) in [6.45, 7) is 1.54. The third kappa shape index (κ3) is 4.04. The van der Waals surface area contributed by atoms with E-state index in [0.29, 0.717) is 5.69 Å². The smallest absolute Gasteiger partial charge is 0.354 e. The van der Waals surface area contributed by atoms with Crippen molar-refractivity contribution in [2.75, 3.05) is 16.1 Å². The van der Waals surface area contributed by atoms with E-state index in [0.717, 1.165) is 6.26 Å². The SMILES string of the molecule is Cc1cc(NS(=O)(=O)CS(C)(=O)=O)c(C(=O)O)[nH]1. The molecule has 0 aliphatic heterocycles. The number of carbonyl (C=O) groups is 1. The molecule has 0 atom stereocenters. The highest BCUT2D eigenvalue weighted by Gasteiger charge is 2.22. The number of aryl methyl sites for hydroxylation is 1. The molecular formula is C8H12N2O6S2. The number of nitrogens with one attached hydrogen (secondary N) is 2. The predicted octanol–water partition coefficient (Wildman–Crippen LogP) is -0.235. The molecule has 8 nitrogen and oxygen atoms in total. The summed E-state index contributed by atoms with van der Waals surface area (Å²) in [5.41, 5.74) is -0.0994. The number of carboxylic acids is 1. The van der Waals surface area contributed by atoms with Gasteiger partial charge in [-0.3, -0.25) is 4.72 Å². The minimum atomic E-state index is -4.16. The molecule has 0 bridgehead atoms. The molecule has 0 radical (unpaired) electrons. The molecule has 0 unspecified atom stereocenters. The molecule has 0 saturated heterocycles. The summed E-state index contributed by atoms with van der Waals surface area (Å²) in [5, 5.41) is 7.72. The molecule has 0 amide bonds. The maximum atomic E-state index is 11.5. The number of sulfone groups is 1. The fourth-order valence-corrected chi connectivity index (χ4v) is 4.30. The maximum Gasteiger partial charge on any atom is 0.354 e. The van der Waals surface area contributed by atoms with Gasteiger partial charge in [-0.1, -0.05) is 0 Å². The van der Waals surface area contributed by atoms with Gasteiger partial charge >= 0.3 is 5.97 Å². The van der Waals surface area contributed by atoms with Crippen molar-refractivity contribution in [2.24, 2.45) is 0 Å².